The molecule has 3 N–H and O–H groups in total. The Balaban J connectivity index is 1.68. The highest BCUT2D eigenvalue weighted by atomic mass is 79.9. The van der Waals surface area contributed by atoms with Crippen molar-refractivity contribution in [2.75, 3.05) is 23.5 Å². The molecular weight excluding hydrogens is 446 g/mol. The predicted octanol–water partition coefficient (Wildman–Crippen LogP) is 3.73. The number of fused-ring (bicyclic) bond motifs is 1. The van der Waals surface area contributed by atoms with E-state index in [1.54, 1.807) is 18.2 Å². The fourth-order valence-corrected chi connectivity index (χ4v) is 3.45. The molecule has 10 heteroatoms. The number of nitrogens with zero attached hydrogens (tertiary/aromatic N) is 2. The summed E-state index contributed by atoms with van der Waals surface area (Å²) in [5.74, 6) is 0.223. The number of thioether (sulfide) groups is 1. The van der Waals surface area contributed by atoms with Crippen LogP contribution in [0.25, 0.3) is 11.2 Å². The molecule has 1 aromatic carbocycles. The first kappa shape index (κ1) is 20.2. The Labute approximate surface area is 174 Å². The summed E-state index contributed by atoms with van der Waals surface area (Å²) < 4.78 is 6.16. The van der Waals surface area contributed by atoms with Gasteiger partial charge in [0.05, 0.1) is 29.8 Å². The first-order valence-electron chi connectivity index (χ1n) is 8.27. The number of ether oxygens (including phenoxy) is 1. The predicted molar refractivity (Wildman–Crippen MR) is 113 cm³/mol. The fourth-order valence-electron chi connectivity index (χ4n) is 2.46. The van der Waals surface area contributed by atoms with Gasteiger partial charge in [-0.25, -0.2) is 9.97 Å². The zero-order valence-corrected chi connectivity index (χ0v) is 17.8. The molecule has 8 nitrogen and oxygen atoms in total. The third kappa shape index (κ3) is 4.82. The number of hydrogen-bond donors (Lipinski definition) is 3. The van der Waals surface area contributed by atoms with E-state index in [-0.39, 0.29) is 17.6 Å². The number of rotatable bonds is 6. The number of H-pyrrole nitrogens is 1. The lowest BCUT2D eigenvalue weighted by Gasteiger charge is -2.12. The van der Waals surface area contributed by atoms with Gasteiger partial charge >= 0.3 is 0 Å². The summed E-state index contributed by atoms with van der Waals surface area (Å²) in [7, 11) is 1.51. The van der Waals surface area contributed by atoms with Gasteiger partial charge in [0.2, 0.25) is 11.8 Å². The largest absolute Gasteiger partial charge is 0.495 e. The number of aryl methyl sites for hydroxylation is 1. The second-order valence-electron chi connectivity index (χ2n) is 5.90. The molecule has 0 fully saturated rings. The van der Waals surface area contributed by atoms with Crippen LogP contribution in [0.15, 0.2) is 33.9 Å². The number of methoxy groups -OCH3 is 1. The number of nitrogens with one attached hydrogen (secondary N) is 3. The highest BCUT2D eigenvalue weighted by molar-refractivity contribution is 9.10. The number of aromatic amines is 1. The van der Waals surface area contributed by atoms with Gasteiger partial charge in [-0.1, -0.05) is 11.8 Å². The van der Waals surface area contributed by atoms with E-state index in [2.05, 4.69) is 41.5 Å². The second kappa shape index (κ2) is 8.61. The minimum absolute atomic E-state index is 0.146. The van der Waals surface area contributed by atoms with Crippen molar-refractivity contribution in [3.63, 3.8) is 0 Å². The quantitative estimate of drug-likeness (QED) is 0.480. The topological polar surface area (TPSA) is 109 Å². The van der Waals surface area contributed by atoms with Crippen LogP contribution in [0, 0.1) is 6.92 Å². The first-order valence-corrected chi connectivity index (χ1v) is 10.0. The zero-order chi connectivity index (χ0) is 20.3. The monoisotopic (exact) mass is 463 g/mol. The van der Waals surface area contributed by atoms with Crippen molar-refractivity contribution in [2.24, 2.45) is 0 Å². The van der Waals surface area contributed by atoms with Gasteiger partial charge in [0.25, 0.3) is 0 Å². The Morgan fingerprint density at radius 1 is 1.25 bits per heavy atom. The van der Waals surface area contributed by atoms with Crippen molar-refractivity contribution in [3.8, 4) is 5.75 Å². The minimum Gasteiger partial charge on any atom is -0.495 e. The molecule has 146 valence electrons. The smallest absolute Gasteiger partial charge is 0.234 e. The molecule has 0 saturated carbocycles. The Morgan fingerprint density at radius 3 is 2.75 bits per heavy atom. The molecule has 2 heterocycles. The molecule has 0 aliphatic heterocycles. The zero-order valence-electron chi connectivity index (χ0n) is 15.4. The molecule has 0 aliphatic rings. The van der Waals surface area contributed by atoms with Gasteiger partial charge in [-0.05, 0) is 47.1 Å². The average Bonchev–Trinajstić information content (AvgIpc) is 3.02. The van der Waals surface area contributed by atoms with Crippen LogP contribution >= 0.6 is 27.7 Å². The molecule has 2 amide bonds. The molecule has 0 aliphatic carbocycles. The third-order valence-corrected chi connectivity index (χ3v) is 5.39. The molecule has 0 saturated heterocycles. The number of carbonyl (C=O) groups is 2. The molecule has 3 rings (SSSR count). The molecule has 0 unspecified atom stereocenters. The van der Waals surface area contributed by atoms with Gasteiger partial charge in [0.15, 0.2) is 10.8 Å². The van der Waals surface area contributed by atoms with Crippen LogP contribution in [0.2, 0.25) is 0 Å². The van der Waals surface area contributed by atoms with Gasteiger partial charge in [0.1, 0.15) is 5.75 Å². The number of halogens is 1. The summed E-state index contributed by atoms with van der Waals surface area (Å²) in [6, 6.07) is 6.94. The van der Waals surface area contributed by atoms with Crippen LogP contribution in [0.3, 0.4) is 0 Å². The summed E-state index contributed by atoms with van der Waals surface area (Å²) in [5.41, 5.74) is 3.29. The molecule has 0 bridgehead atoms. The van der Waals surface area contributed by atoms with Crippen LogP contribution in [-0.2, 0) is 9.59 Å². The number of carbonyl (C=O) groups excluding carboxylic acids is 2. The summed E-state index contributed by atoms with van der Waals surface area (Å²) in [5, 5.41) is 6.08. The van der Waals surface area contributed by atoms with Crippen LogP contribution in [0.4, 0.5) is 11.4 Å². The van der Waals surface area contributed by atoms with E-state index in [4.69, 9.17) is 4.74 Å². The van der Waals surface area contributed by atoms with E-state index in [1.165, 1.54) is 25.8 Å². The number of imidazole rings is 1. The highest BCUT2D eigenvalue weighted by Crippen LogP contribution is 2.28. The van der Waals surface area contributed by atoms with Crippen molar-refractivity contribution in [1.29, 1.82) is 0 Å². The molecular formula is C18H18BrN5O3S. The molecule has 0 atom stereocenters. The van der Waals surface area contributed by atoms with E-state index < -0.39 is 0 Å². The van der Waals surface area contributed by atoms with Crippen molar-refractivity contribution in [3.05, 3.63) is 34.4 Å². The molecule has 3 aromatic rings. The van der Waals surface area contributed by atoms with Crippen LogP contribution in [0.5, 0.6) is 5.75 Å². The number of pyridine rings is 1. The van der Waals surface area contributed by atoms with Gasteiger partial charge in [-0.3, -0.25) is 9.59 Å². The highest BCUT2D eigenvalue weighted by Gasteiger charge is 2.12. The Kier molecular flexibility index (Phi) is 6.20. The number of hydrogen-bond acceptors (Lipinski definition) is 6. The Bertz CT molecular complexity index is 1010. The van der Waals surface area contributed by atoms with Crippen molar-refractivity contribution in [1.82, 2.24) is 15.0 Å². The van der Waals surface area contributed by atoms with Crippen LogP contribution < -0.4 is 15.4 Å². The van der Waals surface area contributed by atoms with Crippen molar-refractivity contribution < 1.29 is 14.3 Å². The van der Waals surface area contributed by atoms with E-state index in [0.717, 1.165) is 15.7 Å². The molecule has 28 heavy (non-hydrogen) atoms. The lowest BCUT2D eigenvalue weighted by Crippen LogP contribution is -2.15. The van der Waals surface area contributed by atoms with Gasteiger partial charge in [-0.15, -0.1) is 0 Å². The second-order valence-corrected chi connectivity index (χ2v) is 7.72. The van der Waals surface area contributed by atoms with Crippen molar-refractivity contribution >= 4 is 62.0 Å². The molecule has 0 spiro atoms. The SMILES string of the molecule is COc1ccc(NC(C)=O)cc1NC(=O)CSc1nc2nc(C)c(Br)cc2[nH]1. The summed E-state index contributed by atoms with van der Waals surface area (Å²) in [4.78, 5) is 35.5. The number of aromatic nitrogens is 3. The Morgan fingerprint density at radius 2 is 2.04 bits per heavy atom. The maximum absolute atomic E-state index is 12.4. The van der Waals surface area contributed by atoms with E-state index in [1.807, 2.05) is 13.0 Å². The summed E-state index contributed by atoms with van der Waals surface area (Å²) in [6.07, 6.45) is 0. The normalized spacial score (nSPS) is 10.7. The number of anilines is 2. The Hall–Kier alpha value is -2.59. The van der Waals surface area contributed by atoms with Gasteiger partial charge in [-0.2, -0.15) is 0 Å². The molecule has 2 aromatic heterocycles. The summed E-state index contributed by atoms with van der Waals surface area (Å²) in [6.45, 7) is 3.31. The first-order chi connectivity index (χ1) is 13.4. The van der Waals surface area contributed by atoms with Crippen LogP contribution in [0.1, 0.15) is 12.6 Å². The maximum Gasteiger partial charge on any atom is 0.234 e. The van der Waals surface area contributed by atoms with Gasteiger partial charge in [0, 0.05) is 17.1 Å². The number of amides is 2. The van der Waals surface area contributed by atoms with Gasteiger partial charge < -0.3 is 20.4 Å². The van der Waals surface area contributed by atoms with E-state index >= 15 is 0 Å². The summed E-state index contributed by atoms with van der Waals surface area (Å²) >= 11 is 4.71. The maximum atomic E-state index is 12.4. The minimum atomic E-state index is -0.228. The van der Waals surface area contributed by atoms with E-state index in [0.29, 0.717) is 27.9 Å². The fraction of sp³-hybridized carbons (Fsp3) is 0.222. The lowest BCUT2D eigenvalue weighted by molar-refractivity contribution is -0.114. The lowest BCUT2D eigenvalue weighted by atomic mass is 10.2. The van der Waals surface area contributed by atoms with Crippen LogP contribution in [-0.4, -0.2) is 39.6 Å². The molecule has 0 radical (unpaired) electrons. The number of benzene rings is 1. The standard InChI is InChI=1S/C18H18BrN5O3S/c1-9-12(19)7-14-17(20-9)24-18(23-14)28-8-16(26)22-13-6-11(21-10(2)25)4-5-15(13)27-3/h4-7H,8H2,1-3H3,(H,21,25)(H,22,26)(H,20,23,24). The van der Waals surface area contributed by atoms with E-state index in [9.17, 15) is 9.59 Å². The average molecular weight is 464 g/mol. The van der Waals surface area contributed by atoms with Crippen molar-refractivity contribution in [2.45, 2.75) is 19.0 Å². The third-order valence-electron chi connectivity index (χ3n) is 3.71.